The molecule has 3 aromatic rings. The molecule has 0 amide bonds. The number of halogens is 3. The van der Waals surface area contributed by atoms with Crippen LogP contribution in [0.5, 0.6) is 0 Å². The zero-order valence-electron chi connectivity index (χ0n) is 16.6. The number of benzene rings is 2. The molecular weight excluding hydrogens is 442 g/mol. The lowest BCUT2D eigenvalue weighted by molar-refractivity contribution is -0.0824. The first-order valence-corrected chi connectivity index (χ1v) is 10.6. The summed E-state index contributed by atoms with van der Waals surface area (Å²) in [6.45, 7) is 0.612. The van der Waals surface area contributed by atoms with Crippen LogP contribution in [-0.2, 0) is 27.2 Å². The number of aromatic nitrogens is 1. The van der Waals surface area contributed by atoms with Crippen molar-refractivity contribution in [1.82, 2.24) is 4.98 Å². The van der Waals surface area contributed by atoms with Crippen molar-refractivity contribution < 1.29 is 18.7 Å². The molecule has 2 heterocycles. The van der Waals surface area contributed by atoms with E-state index in [1.807, 2.05) is 48.5 Å². The molecule has 1 fully saturated rings. The monoisotopic (exact) mass is 462 g/mol. The van der Waals surface area contributed by atoms with E-state index in [1.165, 1.54) is 12.1 Å². The van der Waals surface area contributed by atoms with E-state index >= 15 is 0 Å². The average Bonchev–Trinajstić information content (AvgIpc) is 3.26. The Morgan fingerprint density at radius 3 is 2.58 bits per heavy atom. The summed E-state index contributed by atoms with van der Waals surface area (Å²) >= 11 is 12.3. The lowest BCUT2D eigenvalue weighted by Gasteiger charge is -2.38. The number of pyridine rings is 1. The normalized spacial score (nSPS) is 18.3. The highest BCUT2D eigenvalue weighted by molar-refractivity contribution is 6.36. The van der Waals surface area contributed by atoms with E-state index in [9.17, 15) is 4.39 Å². The van der Waals surface area contributed by atoms with Crippen molar-refractivity contribution >= 4 is 29.0 Å². The van der Waals surface area contributed by atoms with E-state index in [-0.39, 0.29) is 18.4 Å². The molecule has 31 heavy (non-hydrogen) atoms. The summed E-state index contributed by atoms with van der Waals surface area (Å²) in [6.07, 6.45) is 2.50. The van der Waals surface area contributed by atoms with Crippen LogP contribution in [0.4, 0.5) is 10.2 Å². The third-order valence-corrected chi connectivity index (χ3v) is 5.76. The minimum Gasteiger partial charge on any atom is -0.350 e. The van der Waals surface area contributed by atoms with E-state index < -0.39 is 11.5 Å². The SMILES string of the molecule is Fc1ccc(Cl)c(CCON(c2ccccn2)C2(Cc3ccccc3)COCO2)c1Cl. The zero-order valence-corrected chi connectivity index (χ0v) is 18.2. The topological polar surface area (TPSA) is 43.8 Å². The lowest BCUT2D eigenvalue weighted by Crippen LogP contribution is -2.53. The summed E-state index contributed by atoms with van der Waals surface area (Å²) in [6, 6.07) is 18.2. The van der Waals surface area contributed by atoms with Gasteiger partial charge in [0.2, 0.25) is 0 Å². The Kier molecular flexibility index (Phi) is 7.05. The van der Waals surface area contributed by atoms with Gasteiger partial charge in [-0.1, -0.05) is 59.6 Å². The highest BCUT2D eigenvalue weighted by atomic mass is 35.5. The second-order valence-corrected chi connectivity index (χ2v) is 7.89. The largest absolute Gasteiger partial charge is 0.350 e. The predicted octanol–water partition coefficient (Wildman–Crippen LogP) is 5.45. The van der Waals surface area contributed by atoms with Gasteiger partial charge in [-0.2, -0.15) is 0 Å². The van der Waals surface area contributed by atoms with Crippen LogP contribution < -0.4 is 5.06 Å². The van der Waals surface area contributed by atoms with Gasteiger partial charge in [-0.05, 0) is 35.4 Å². The Balaban J connectivity index is 1.59. The number of hydrogen-bond acceptors (Lipinski definition) is 5. The summed E-state index contributed by atoms with van der Waals surface area (Å²) in [7, 11) is 0. The first-order valence-electron chi connectivity index (χ1n) is 9.81. The van der Waals surface area contributed by atoms with Crippen molar-refractivity contribution in [2.75, 3.05) is 25.1 Å². The molecule has 0 aliphatic carbocycles. The van der Waals surface area contributed by atoms with Gasteiger partial charge in [0.05, 0.1) is 11.6 Å². The zero-order chi connectivity index (χ0) is 21.7. The molecule has 4 rings (SSSR count). The Hall–Kier alpha value is -2.22. The number of ether oxygens (including phenoxy) is 2. The first kappa shape index (κ1) is 22.0. The second kappa shape index (κ2) is 9.94. The maximum Gasteiger partial charge on any atom is 0.196 e. The van der Waals surface area contributed by atoms with Crippen molar-refractivity contribution in [3.63, 3.8) is 0 Å². The third-order valence-electron chi connectivity index (χ3n) is 5.00. The summed E-state index contributed by atoms with van der Waals surface area (Å²) in [5.74, 6) is 0.0519. The quantitative estimate of drug-likeness (QED) is 0.328. The Bertz CT molecular complexity index is 1000. The fourth-order valence-electron chi connectivity index (χ4n) is 3.50. The van der Waals surface area contributed by atoms with Gasteiger partial charge in [0.25, 0.3) is 0 Å². The van der Waals surface area contributed by atoms with E-state index in [4.69, 9.17) is 37.5 Å². The molecule has 0 spiro atoms. The molecule has 8 heteroatoms. The first-order chi connectivity index (χ1) is 15.1. The number of anilines is 1. The van der Waals surface area contributed by atoms with E-state index in [0.29, 0.717) is 35.9 Å². The van der Waals surface area contributed by atoms with Crippen molar-refractivity contribution in [1.29, 1.82) is 0 Å². The highest BCUT2D eigenvalue weighted by Crippen LogP contribution is 2.33. The van der Waals surface area contributed by atoms with E-state index in [0.717, 1.165) is 5.56 Å². The van der Waals surface area contributed by atoms with Gasteiger partial charge in [-0.25, -0.2) is 14.4 Å². The molecule has 0 N–H and O–H groups in total. The van der Waals surface area contributed by atoms with Gasteiger partial charge in [0.15, 0.2) is 11.5 Å². The number of hydrogen-bond donors (Lipinski definition) is 0. The Labute approximate surface area is 190 Å². The van der Waals surface area contributed by atoms with Crippen LogP contribution in [0.15, 0.2) is 66.9 Å². The molecule has 0 radical (unpaired) electrons. The van der Waals surface area contributed by atoms with Gasteiger partial charge >= 0.3 is 0 Å². The summed E-state index contributed by atoms with van der Waals surface area (Å²) in [5, 5.41) is 2.02. The fraction of sp³-hybridized carbons (Fsp3) is 0.261. The van der Waals surface area contributed by atoms with Crippen LogP contribution >= 0.6 is 23.2 Å². The molecular formula is C23H21Cl2FN2O3. The lowest BCUT2D eigenvalue weighted by atomic mass is 10.0. The van der Waals surface area contributed by atoms with Gasteiger partial charge in [-0.15, -0.1) is 0 Å². The molecule has 1 aromatic heterocycles. The Morgan fingerprint density at radius 1 is 1.06 bits per heavy atom. The highest BCUT2D eigenvalue weighted by Gasteiger charge is 2.44. The van der Waals surface area contributed by atoms with Gasteiger partial charge < -0.3 is 9.47 Å². The average molecular weight is 463 g/mol. The third kappa shape index (κ3) is 5.00. The minimum atomic E-state index is -0.911. The smallest absolute Gasteiger partial charge is 0.196 e. The van der Waals surface area contributed by atoms with Crippen molar-refractivity contribution in [3.8, 4) is 0 Å². The molecule has 162 valence electrons. The summed E-state index contributed by atoms with van der Waals surface area (Å²) in [4.78, 5) is 10.6. The standard InChI is InChI=1S/C23H21Cl2FN2O3/c24-19-9-10-20(26)22(25)18(19)11-13-31-28(21-8-4-5-12-27-21)23(15-29-16-30-23)14-17-6-2-1-3-7-17/h1-10,12H,11,13-16H2. The molecule has 0 bridgehead atoms. The van der Waals surface area contributed by atoms with Crippen LogP contribution in [0, 0.1) is 5.82 Å². The maximum atomic E-state index is 13.9. The molecule has 1 aliphatic heterocycles. The fourth-order valence-corrected chi connectivity index (χ4v) is 4.06. The van der Waals surface area contributed by atoms with Crippen LogP contribution in [0.1, 0.15) is 11.1 Å². The predicted molar refractivity (Wildman–Crippen MR) is 118 cm³/mol. The second-order valence-electron chi connectivity index (χ2n) is 7.11. The van der Waals surface area contributed by atoms with Gasteiger partial charge in [-0.3, -0.25) is 4.84 Å². The van der Waals surface area contributed by atoms with Crippen LogP contribution in [0.3, 0.4) is 0 Å². The molecule has 1 aliphatic rings. The summed E-state index contributed by atoms with van der Waals surface area (Å²) in [5.41, 5.74) is 0.643. The molecule has 1 unspecified atom stereocenters. The van der Waals surface area contributed by atoms with Crippen LogP contribution in [-0.4, -0.2) is 30.7 Å². The van der Waals surface area contributed by atoms with Crippen molar-refractivity contribution in [3.05, 3.63) is 93.8 Å². The molecule has 5 nitrogen and oxygen atoms in total. The summed E-state index contributed by atoms with van der Waals surface area (Å²) < 4.78 is 25.5. The van der Waals surface area contributed by atoms with Gasteiger partial charge in [0, 0.05) is 24.1 Å². The molecule has 1 atom stereocenters. The molecule has 1 saturated heterocycles. The van der Waals surface area contributed by atoms with E-state index in [2.05, 4.69) is 4.98 Å². The number of hydroxylamine groups is 1. The van der Waals surface area contributed by atoms with Crippen LogP contribution in [0.25, 0.3) is 0 Å². The van der Waals surface area contributed by atoms with Crippen molar-refractivity contribution in [2.45, 2.75) is 18.6 Å². The van der Waals surface area contributed by atoms with Gasteiger partial charge in [0.1, 0.15) is 19.2 Å². The van der Waals surface area contributed by atoms with E-state index in [1.54, 1.807) is 11.3 Å². The van der Waals surface area contributed by atoms with Crippen LogP contribution in [0.2, 0.25) is 10.0 Å². The minimum absolute atomic E-state index is 0.0000605. The molecule has 0 saturated carbocycles. The molecule has 2 aromatic carbocycles. The maximum absolute atomic E-state index is 13.9. The number of nitrogens with zero attached hydrogens (tertiary/aromatic N) is 2. The van der Waals surface area contributed by atoms with Crippen molar-refractivity contribution in [2.24, 2.45) is 0 Å². The Morgan fingerprint density at radius 2 is 1.87 bits per heavy atom. The number of rotatable bonds is 8.